The molecule has 0 fully saturated rings. The van der Waals surface area contributed by atoms with Crippen LogP contribution in [0.4, 0.5) is 5.69 Å². The minimum atomic E-state index is -0.559. The van der Waals surface area contributed by atoms with Gasteiger partial charge in [-0.25, -0.2) is 0 Å². The number of hydrogen-bond donors (Lipinski definition) is 1. The lowest BCUT2D eigenvalue weighted by Crippen LogP contribution is -2.33. The van der Waals surface area contributed by atoms with E-state index < -0.39 is 24.5 Å². The van der Waals surface area contributed by atoms with Gasteiger partial charge in [0.15, 0.2) is 6.61 Å². The Labute approximate surface area is 168 Å². The Morgan fingerprint density at radius 3 is 2.48 bits per heavy atom. The van der Waals surface area contributed by atoms with Gasteiger partial charge in [-0.05, 0) is 41.5 Å². The molecular formula is C22H22N2O5. The lowest BCUT2D eigenvalue weighted by Gasteiger charge is -2.32. The zero-order valence-corrected chi connectivity index (χ0v) is 16.3. The van der Waals surface area contributed by atoms with Crippen LogP contribution >= 0.6 is 0 Å². The summed E-state index contributed by atoms with van der Waals surface area (Å²) < 4.78 is 10.2. The van der Waals surface area contributed by atoms with Crippen molar-refractivity contribution >= 4 is 29.5 Å². The van der Waals surface area contributed by atoms with Gasteiger partial charge in [-0.15, -0.1) is 0 Å². The van der Waals surface area contributed by atoms with Crippen molar-refractivity contribution in [3.8, 4) is 5.75 Å². The fraction of sp³-hybridized carbons (Fsp3) is 0.227. The summed E-state index contributed by atoms with van der Waals surface area (Å²) in [4.78, 5) is 37.9. The summed E-state index contributed by atoms with van der Waals surface area (Å²) in [5, 5.41) is 2.65. The highest BCUT2D eigenvalue weighted by molar-refractivity contribution is 5.93. The summed E-state index contributed by atoms with van der Waals surface area (Å²) >= 11 is 0. The largest absolute Gasteiger partial charge is 0.497 e. The average Bonchev–Trinajstić information content (AvgIpc) is 2.73. The molecule has 2 amide bonds. The Kier molecular flexibility index (Phi) is 6.29. The zero-order chi connectivity index (χ0) is 20.8. The molecule has 0 radical (unpaired) electrons. The Morgan fingerprint density at radius 2 is 1.79 bits per heavy atom. The minimum Gasteiger partial charge on any atom is -0.497 e. The molecule has 0 bridgehead atoms. The van der Waals surface area contributed by atoms with Crippen LogP contribution in [0, 0.1) is 0 Å². The number of hydrogen-bond acceptors (Lipinski definition) is 5. The van der Waals surface area contributed by atoms with Crippen molar-refractivity contribution < 1.29 is 23.9 Å². The van der Waals surface area contributed by atoms with Gasteiger partial charge in [0.2, 0.25) is 5.91 Å². The van der Waals surface area contributed by atoms with E-state index >= 15 is 0 Å². The molecule has 7 heteroatoms. The first kappa shape index (κ1) is 20.1. The minimum absolute atomic E-state index is 0.0449. The maximum Gasteiger partial charge on any atom is 0.308 e. The molecule has 0 unspecified atom stereocenters. The third-order valence-electron chi connectivity index (χ3n) is 4.57. The number of nitrogens with one attached hydrogen (secondary N) is 1. The fourth-order valence-electron chi connectivity index (χ4n) is 3.15. The van der Waals surface area contributed by atoms with E-state index in [9.17, 15) is 14.4 Å². The molecule has 2 aromatic rings. The molecule has 0 saturated heterocycles. The maximum atomic E-state index is 12.3. The van der Waals surface area contributed by atoms with Gasteiger partial charge in [-0.1, -0.05) is 24.3 Å². The van der Waals surface area contributed by atoms with E-state index in [-0.39, 0.29) is 12.3 Å². The van der Waals surface area contributed by atoms with Gasteiger partial charge in [0.05, 0.1) is 19.6 Å². The van der Waals surface area contributed by atoms with Crippen LogP contribution in [0.25, 0.3) is 6.08 Å². The number of ether oxygens (including phenoxy) is 2. The van der Waals surface area contributed by atoms with Crippen LogP contribution in [0.1, 0.15) is 30.5 Å². The highest BCUT2D eigenvalue weighted by atomic mass is 16.5. The molecule has 0 spiro atoms. The zero-order valence-electron chi connectivity index (χ0n) is 16.3. The highest BCUT2D eigenvalue weighted by Gasteiger charge is 2.28. The summed E-state index contributed by atoms with van der Waals surface area (Å²) in [6.07, 6.45) is 3.45. The van der Waals surface area contributed by atoms with Gasteiger partial charge in [0.1, 0.15) is 5.75 Å². The molecule has 1 aliphatic rings. The molecule has 1 aliphatic heterocycles. The second kappa shape index (κ2) is 9.05. The molecule has 0 aliphatic carbocycles. The quantitative estimate of drug-likeness (QED) is 0.761. The van der Waals surface area contributed by atoms with E-state index in [2.05, 4.69) is 5.32 Å². The van der Waals surface area contributed by atoms with E-state index in [0.29, 0.717) is 11.4 Å². The van der Waals surface area contributed by atoms with Gasteiger partial charge >= 0.3 is 5.97 Å². The Morgan fingerprint density at radius 1 is 1.07 bits per heavy atom. The molecule has 29 heavy (non-hydrogen) atoms. The number of benzene rings is 2. The smallest absolute Gasteiger partial charge is 0.308 e. The van der Waals surface area contributed by atoms with Crippen LogP contribution in [-0.2, 0) is 19.1 Å². The van der Waals surface area contributed by atoms with E-state index in [4.69, 9.17) is 9.47 Å². The number of carbonyl (C=O) groups excluding carboxylic acids is 3. The molecule has 7 nitrogen and oxygen atoms in total. The SMILES string of the molecule is COc1ccc(NC(=O)COC(=O)C[C@@H]2c3ccccc3C=CN2C(C)=O)cc1. The van der Waals surface area contributed by atoms with Crippen LogP contribution < -0.4 is 10.1 Å². The van der Waals surface area contributed by atoms with Crippen molar-refractivity contribution in [2.24, 2.45) is 0 Å². The van der Waals surface area contributed by atoms with Crippen molar-refractivity contribution in [2.75, 3.05) is 19.0 Å². The average molecular weight is 394 g/mol. The summed E-state index contributed by atoms with van der Waals surface area (Å²) in [6.45, 7) is 1.04. The molecular weight excluding hydrogens is 372 g/mol. The van der Waals surface area contributed by atoms with Gasteiger partial charge in [-0.2, -0.15) is 0 Å². The fourth-order valence-corrected chi connectivity index (χ4v) is 3.15. The Balaban J connectivity index is 1.58. The number of fused-ring (bicyclic) bond motifs is 1. The topological polar surface area (TPSA) is 84.9 Å². The molecule has 1 heterocycles. The lowest BCUT2D eigenvalue weighted by molar-refractivity contribution is -0.149. The number of nitrogens with zero attached hydrogens (tertiary/aromatic N) is 1. The van der Waals surface area contributed by atoms with Gasteiger partial charge in [0.25, 0.3) is 5.91 Å². The van der Waals surface area contributed by atoms with E-state index in [1.165, 1.54) is 11.8 Å². The number of carbonyl (C=O) groups is 3. The van der Waals surface area contributed by atoms with E-state index in [1.54, 1.807) is 37.6 Å². The van der Waals surface area contributed by atoms with E-state index in [0.717, 1.165) is 11.1 Å². The second-order valence-corrected chi connectivity index (χ2v) is 6.53. The first-order valence-electron chi connectivity index (χ1n) is 9.13. The molecule has 2 aromatic carbocycles. The van der Waals surface area contributed by atoms with E-state index in [1.807, 2.05) is 30.3 Å². The summed E-state index contributed by atoms with van der Waals surface area (Å²) in [7, 11) is 1.56. The van der Waals surface area contributed by atoms with Crippen LogP contribution in [0.5, 0.6) is 5.75 Å². The standard InChI is InChI=1S/C22H22N2O5/c1-15(25)24-12-11-16-5-3-4-6-19(16)20(24)13-22(27)29-14-21(26)23-17-7-9-18(28-2)10-8-17/h3-12,20H,13-14H2,1-2H3,(H,23,26)/t20-/m1/s1. The van der Waals surface area contributed by atoms with Crippen LogP contribution in [0.15, 0.2) is 54.7 Å². The predicted octanol–water partition coefficient (Wildman–Crippen LogP) is 3.14. The summed E-state index contributed by atoms with van der Waals surface area (Å²) in [5.41, 5.74) is 2.38. The Bertz CT molecular complexity index is 936. The number of esters is 1. The number of amides is 2. The number of anilines is 1. The summed E-state index contributed by atoms with van der Waals surface area (Å²) in [6, 6.07) is 13.9. The van der Waals surface area contributed by atoms with Gasteiger partial charge in [0, 0.05) is 18.8 Å². The maximum absolute atomic E-state index is 12.3. The van der Waals surface area contributed by atoms with Crippen molar-refractivity contribution in [3.05, 3.63) is 65.9 Å². The van der Waals surface area contributed by atoms with Crippen molar-refractivity contribution in [2.45, 2.75) is 19.4 Å². The van der Waals surface area contributed by atoms with Crippen molar-refractivity contribution in [1.29, 1.82) is 0 Å². The molecule has 0 aromatic heterocycles. The Hall–Kier alpha value is -3.61. The van der Waals surface area contributed by atoms with Gasteiger partial charge in [-0.3, -0.25) is 14.4 Å². The van der Waals surface area contributed by atoms with Crippen molar-refractivity contribution in [3.63, 3.8) is 0 Å². The van der Waals surface area contributed by atoms with Crippen molar-refractivity contribution in [1.82, 2.24) is 4.90 Å². The normalized spacial score (nSPS) is 14.7. The van der Waals surface area contributed by atoms with Crippen LogP contribution in [0.3, 0.4) is 0 Å². The molecule has 3 rings (SSSR count). The second-order valence-electron chi connectivity index (χ2n) is 6.53. The first-order valence-corrected chi connectivity index (χ1v) is 9.13. The molecule has 150 valence electrons. The molecule has 1 N–H and O–H groups in total. The number of rotatable bonds is 6. The summed E-state index contributed by atoms with van der Waals surface area (Å²) in [5.74, 6) is -0.510. The monoisotopic (exact) mass is 394 g/mol. The third kappa shape index (κ3) is 5.01. The molecule has 1 atom stereocenters. The predicted molar refractivity (Wildman–Crippen MR) is 108 cm³/mol. The third-order valence-corrected chi connectivity index (χ3v) is 4.57. The first-order chi connectivity index (χ1) is 14.0. The van der Waals surface area contributed by atoms with Gasteiger partial charge < -0.3 is 19.7 Å². The van der Waals surface area contributed by atoms with Crippen LogP contribution in [-0.4, -0.2) is 36.4 Å². The molecule has 0 saturated carbocycles. The highest BCUT2D eigenvalue weighted by Crippen LogP contribution is 2.33. The lowest BCUT2D eigenvalue weighted by atomic mass is 9.94. The van der Waals surface area contributed by atoms with Crippen LogP contribution in [0.2, 0.25) is 0 Å². The number of methoxy groups -OCH3 is 1.